The molecule has 2 aliphatic rings. The number of methoxy groups -OCH3 is 1. The van der Waals surface area contributed by atoms with E-state index < -0.39 is 32.2 Å². The van der Waals surface area contributed by atoms with E-state index in [-0.39, 0.29) is 11.5 Å². The smallest absolute Gasteiger partial charge is 0.279 e. The number of hydrogen-bond acceptors (Lipinski definition) is 5. The minimum Gasteiger partial charge on any atom is -0.379 e. The zero-order valence-corrected chi connectivity index (χ0v) is 12.7. The minimum atomic E-state index is -3.63. The molecule has 0 aromatic carbocycles. The van der Waals surface area contributed by atoms with Gasteiger partial charge in [0.2, 0.25) is 0 Å². The first-order chi connectivity index (χ1) is 8.73. The van der Waals surface area contributed by atoms with E-state index in [1.807, 2.05) is 6.92 Å². The maximum Gasteiger partial charge on any atom is 0.279 e. The molecular formula is C10H20N2O5S2. The Morgan fingerprint density at radius 1 is 1.32 bits per heavy atom. The van der Waals surface area contributed by atoms with E-state index >= 15 is 0 Å². The summed E-state index contributed by atoms with van der Waals surface area (Å²) in [5.41, 5.74) is 0. The third kappa shape index (κ3) is 3.46. The van der Waals surface area contributed by atoms with Gasteiger partial charge in [0.1, 0.15) is 0 Å². The molecule has 112 valence electrons. The highest BCUT2D eigenvalue weighted by Crippen LogP contribution is 2.21. The fourth-order valence-electron chi connectivity index (χ4n) is 2.54. The second-order valence-corrected chi connectivity index (χ2v) is 9.19. The molecule has 2 rings (SSSR count). The van der Waals surface area contributed by atoms with Gasteiger partial charge in [0.25, 0.3) is 10.2 Å². The summed E-state index contributed by atoms with van der Waals surface area (Å²) in [4.78, 5) is 0. The topological polar surface area (TPSA) is 92.8 Å². The van der Waals surface area contributed by atoms with Crippen molar-refractivity contribution in [1.82, 2.24) is 9.03 Å². The monoisotopic (exact) mass is 312 g/mol. The zero-order valence-electron chi connectivity index (χ0n) is 11.1. The van der Waals surface area contributed by atoms with Crippen LogP contribution in [0.1, 0.15) is 13.3 Å². The predicted molar refractivity (Wildman–Crippen MR) is 70.6 cm³/mol. The van der Waals surface area contributed by atoms with Crippen LogP contribution in [0.3, 0.4) is 0 Å². The molecule has 2 fully saturated rings. The van der Waals surface area contributed by atoms with Crippen LogP contribution in [0.4, 0.5) is 0 Å². The molecule has 0 radical (unpaired) electrons. The molecule has 0 aliphatic carbocycles. The summed E-state index contributed by atoms with van der Waals surface area (Å²) in [7, 11) is -5.47. The van der Waals surface area contributed by atoms with Gasteiger partial charge in [-0.25, -0.2) is 8.42 Å². The summed E-state index contributed by atoms with van der Waals surface area (Å²) in [6, 6.07) is -0.698. The highest BCUT2D eigenvalue weighted by atomic mass is 32.2. The lowest BCUT2D eigenvalue weighted by atomic mass is 10.2. The zero-order chi connectivity index (χ0) is 14.3. The van der Waals surface area contributed by atoms with Crippen molar-refractivity contribution in [2.24, 2.45) is 5.92 Å². The van der Waals surface area contributed by atoms with Crippen LogP contribution in [0, 0.1) is 5.92 Å². The first-order valence-electron chi connectivity index (χ1n) is 6.24. The van der Waals surface area contributed by atoms with Crippen LogP contribution in [-0.2, 0) is 24.8 Å². The van der Waals surface area contributed by atoms with E-state index in [1.54, 1.807) is 0 Å². The Kier molecular flexibility index (Phi) is 4.22. The van der Waals surface area contributed by atoms with Crippen molar-refractivity contribution in [3.05, 3.63) is 0 Å². The van der Waals surface area contributed by atoms with Crippen molar-refractivity contribution < 1.29 is 21.6 Å². The third-order valence-corrected chi connectivity index (χ3v) is 6.95. The Morgan fingerprint density at radius 2 is 2.00 bits per heavy atom. The van der Waals surface area contributed by atoms with Gasteiger partial charge in [0.05, 0.1) is 23.7 Å². The summed E-state index contributed by atoms with van der Waals surface area (Å²) in [5.74, 6) is 0.00316. The van der Waals surface area contributed by atoms with Crippen molar-refractivity contribution in [3.63, 3.8) is 0 Å². The molecule has 0 amide bonds. The van der Waals surface area contributed by atoms with Crippen molar-refractivity contribution in [2.45, 2.75) is 25.5 Å². The number of hydrogen-bond donors (Lipinski definition) is 1. The molecule has 2 saturated heterocycles. The van der Waals surface area contributed by atoms with Crippen molar-refractivity contribution >= 4 is 20.0 Å². The van der Waals surface area contributed by atoms with Gasteiger partial charge in [0, 0.05) is 20.2 Å². The minimum absolute atomic E-state index is 0.132. The van der Waals surface area contributed by atoms with Gasteiger partial charge in [-0.3, -0.25) is 0 Å². The molecule has 2 heterocycles. The normalized spacial score (nSPS) is 35.8. The maximum atomic E-state index is 12.2. The van der Waals surface area contributed by atoms with E-state index in [1.165, 1.54) is 11.4 Å². The summed E-state index contributed by atoms with van der Waals surface area (Å²) in [6.07, 6.45) is 0.220. The van der Waals surface area contributed by atoms with Gasteiger partial charge >= 0.3 is 0 Å². The molecule has 9 heteroatoms. The van der Waals surface area contributed by atoms with E-state index in [9.17, 15) is 16.8 Å². The Labute approximate surface area is 114 Å². The molecule has 3 unspecified atom stereocenters. The SMILES string of the molecule is COC1CS(=O)(=O)CC1NS(=O)(=O)N1CCC(C)C1. The van der Waals surface area contributed by atoms with Gasteiger partial charge in [-0.05, 0) is 12.3 Å². The van der Waals surface area contributed by atoms with Gasteiger partial charge in [-0.15, -0.1) is 0 Å². The summed E-state index contributed by atoms with van der Waals surface area (Å²) >= 11 is 0. The van der Waals surface area contributed by atoms with E-state index in [0.29, 0.717) is 19.0 Å². The maximum absolute atomic E-state index is 12.2. The molecule has 3 atom stereocenters. The number of nitrogens with one attached hydrogen (secondary N) is 1. The average Bonchev–Trinajstić information content (AvgIpc) is 2.82. The van der Waals surface area contributed by atoms with Gasteiger partial charge in [0.15, 0.2) is 9.84 Å². The molecule has 0 spiro atoms. The summed E-state index contributed by atoms with van der Waals surface area (Å²) in [5, 5.41) is 0. The van der Waals surface area contributed by atoms with Crippen molar-refractivity contribution in [1.29, 1.82) is 0 Å². The molecule has 0 aromatic rings. The lowest BCUT2D eigenvalue weighted by molar-refractivity contribution is 0.105. The Morgan fingerprint density at radius 3 is 2.53 bits per heavy atom. The van der Waals surface area contributed by atoms with Crippen LogP contribution >= 0.6 is 0 Å². The first kappa shape index (κ1) is 15.2. The number of ether oxygens (including phenoxy) is 1. The van der Waals surface area contributed by atoms with Crippen molar-refractivity contribution in [2.75, 3.05) is 31.7 Å². The van der Waals surface area contributed by atoms with Crippen LogP contribution in [0.5, 0.6) is 0 Å². The van der Waals surface area contributed by atoms with Gasteiger partial charge in [-0.2, -0.15) is 17.4 Å². The lowest BCUT2D eigenvalue weighted by Gasteiger charge is -2.22. The largest absolute Gasteiger partial charge is 0.379 e. The van der Waals surface area contributed by atoms with Crippen LogP contribution in [0.15, 0.2) is 0 Å². The van der Waals surface area contributed by atoms with Crippen molar-refractivity contribution in [3.8, 4) is 0 Å². The number of nitrogens with zero attached hydrogens (tertiary/aromatic N) is 1. The van der Waals surface area contributed by atoms with E-state index in [0.717, 1.165) is 6.42 Å². The number of rotatable bonds is 4. The van der Waals surface area contributed by atoms with Gasteiger partial charge < -0.3 is 4.74 Å². The Hall–Kier alpha value is -0.220. The fourth-order valence-corrected chi connectivity index (χ4v) is 6.06. The standard InChI is InChI=1S/C10H20N2O5S2/c1-8-3-4-12(5-8)19(15,16)11-9-6-18(13,14)7-10(9)17-2/h8-11H,3-7H2,1-2H3. The molecule has 1 N–H and O–H groups in total. The molecule has 7 nitrogen and oxygen atoms in total. The third-order valence-electron chi connectivity index (χ3n) is 3.63. The highest BCUT2D eigenvalue weighted by molar-refractivity contribution is 7.92. The molecule has 19 heavy (non-hydrogen) atoms. The number of sulfone groups is 1. The quantitative estimate of drug-likeness (QED) is 0.717. The summed E-state index contributed by atoms with van der Waals surface area (Å²) < 4.78 is 56.3. The summed E-state index contributed by atoms with van der Waals surface area (Å²) in [6.45, 7) is 2.95. The lowest BCUT2D eigenvalue weighted by Crippen LogP contribution is -2.49. The molecular weight excluding hydrogens is 292 g/mol. The molecule has 0 bridgehead atoms. The molecule has 0 aromatic heterocycles. The first-order valence-corrected chi connectivity index (χ1v) is 9.50. The second-order valence-electron chi connectivity index (χ2n) is 5.33. The molecule has 2 aliphatic heterocycles. The average molecular weight is 312 g/mol. The molecule has 0 saturated carbocycles. The van der Waals surface area contributed by atoms with Crippen LogP contribution in [-0.4, -0.2) is 65.0 Å². The van der Waals surface area contributed by atoms with E-state index in [4.69, 9.17) is 4.74 Å². The Balaban J connectivity index is 2.08. The van der Waals surface area contributed by atoms with Crippen LogP contribution < -0.4 is 4.72 Å². The van der Waals surface area contributed by atoms with Crippen LogP contribution in [0.25, 0.3) is 0 Å². The second kappa shape index (κ2) is 5.28. The fraction of sp³-hybridized carbons (Fsp3) is 1.00. The van der Waals surface area contributed by atoms with Gasteiger partial charge in [-0.1, -0.05) is 6.92 Å². The highest BCUT2D eigenvalue weighted by Gasteiger charge is 2.41. The van der Waals surface area contributed by atoms with Crippen LogP contribution in [0.2, 0.25) is 0 Å². The van der Waals surface area contributed by atoms with E-state index in [2.05, 4.69) is 4.72 Å². The Bertz CT molecular complexity index is 530. The predicted octanol–water partition coefficient (Wildman–Crippen LogP) is -1.03.